The van der Waals surface area contributed by atoms with E-state index in [2.05, 4.69) is 0 Å². The summed E-state index contributed by atoms with van der Waals surface area (Å²) in [5.41, 5.74) is 0.311. The summed E-state index contributed by atoms with van der Waals surface area (Å²) in [6.45, 7) is 1.24. The van der Waals surface area contributed by atoms with E-state index in [1.165, 1.54) is 18.2 Å². The number of likely N-dealkylation sites (tertiary alicyclic amines) is 1. The highest BCUT2D eigenvalue weighted by Gasteiger charge is 2.28. The number of carbonyl (C=O) groups excluding carboxylic acids is 3. The van der Waals surface area contributed by atoms with E-state index in [0.717, 1.165) is 30.8 Å². The first-order chi connectivity index (χ1) is 12.5. The Morgan fingerprint density at radius 2 is 1.88 bits per heavy atom. The summed E-state index contributed by atoms with van der Waals surface area (Å²) in [6, 6.07) is 4.15. The molecule has 0 radical (unpaired) electrons. The van der Waals surface area contributed by atoms with Crippen LogP contribution in [0.4, 0.5) is 11.4 Å². The van der Waals surface area contributed by atoms with Crippen molar-refractivity contribution < 1.29 is 24.0 Å². The van der Waals surface area contributed by atoms with Gasteiger partial charge in [-0.15, -0.1) is 0 Å². The molecule has 0 aliphatic carbocycles. The van der Waals surface area contributed by atoms with Gasteiger partial charge in [0.15, 0.2) is 6.61 Å². The van der Waals surface area contributed by atoms with Gasteiger partial charge in [0.05, 0.1) is 10.5 Å². The van der Waals surface area contributed by atoms with Gasteiger partial charge in [-0.25, -0.2) is 4.79 Å². The lowest BCUT2D eigenvalue weighted by molar-refractivity contribution is -0.384. The predicted octanol–water partition coefficient (Wildman–Crippen LogP) is 1.50. The highest BCUT2D eigenvalue weighted by Crippen LogP contribution is 2.31. The largest absolute Gasteiger partial charge is 0.452 e. The zero-order chi connectivity index (χ0) is 18.7. The lowest BCUT2D eigenvalue weighted by atomic mass is 10.1. The lowest BCUT2D eigenvalue weighted by Gasteiger charge is -2.18. The van der Waals surface area contributed by atoms with Crippen molar-refractivity contribution in [1.82, 2.24) is 4.90 Å². The molecular weight excluding hydrogens is 342 g/mol. The molecule has 2 fully saturated rings. The molecule has 2 amide bonds. The Bertz CT molecular complexity index is 757. The molecular formula is C17H19N3O6. The average Bonchev–Trinajstić information content (AvgIpc) is 3.30. The van der Waals surface area contributed by atoms with Crippen LogP contribution in [0, 0.1) is 10.1 Å². The van der Waals surface area contributed by atoms with Gasteiger partial charge in [0.25, 0.3) is 11.6 Å². The molecule has 2 aliphatic rings. The van der Waals surface area contributed by atoms with Gasteiger partial charge < -0.3 is 9.64 Å². The number of rotatable bonds is 5. The molecule has 2 heterocycles. The van der Waals surface area contributed by atoms with E-state index in [0.29, 0.717) is 25.1 Å². The van der Waals surface area contributed by atoms with Gasteiger partial charge in [0.2, 0.25) is 5.91 Å². The number of amides is 2. The van der Waals surface area contributed by atoms with E-state index >= 15 is 0 Å². The van der Waals surface area contributed by atoms with Crippen LogP contribution in [-0.2, 0) is 14.3 Å². The number of carbonyl (C=O) groups is 3. The van der Waals surface area contributed by atoms with Crippen LogP contribution in [0.25, 0.3) is 0 Å². The van der Waals surface area contributed by atoms with E-state index in [9.17, 15) is 24.5 Å². The molecule has 0 atom stereocenters. The van der Waals surface area contributed by atoms with Crippen LogP contribution in [0.2, 0.25) is 0 Å². The van der Waals surface area contributed by atoms with E-state index in [4.69, 9.17) is 4.74 Å². The summed E-state index contributed by atoms with van der Waals surface area (Å²) in [5.74, 6) is -1.69. The summed E-state index contributed by atoms with van der Waals surface area (Å²) >= 11 is 0. The summed E-state index contributed by atoms with van der Waals surface area (Å²) in [5, 5.41) is 11.4. The molecule has 0 unspecified atom stereocenters. The second kappa shape index (κ2) is 7.51. The van der Waals surface area contributed by atoms with Gasteiger partial charge in [0.1, 0.15) is 5.69 Å². The summed E-state index contributed by atoms with van der Waals surface area (Å²) in [7, 11) is 0. The van der Waals surface area contributed by atoms with Crippen LogP contribution < -0.4 is 4.90 Å². The SMILES string of the molecule is O=C(OCC(=O)N1CCCC1=O)c1ccc(N2CCCC2)c([N+](=O)[O-])c1. The van der Waals surface area contributed by atoms with Gasteiger partial charge in [-0.1, -0.05) is 0 Å². The standard InChI is InChI=1S/C17H19N3O6/c21-15-4-3-9-19(15)16(22)11-26-17(23)12-5-6-13(14(10-12)20(24)25)18-7-1-2-8-18/h5-6,10H,1-4,7-9,11H2. The third kappa shape index (κ3) is 3.66. The minimum atomic E-state index is -0.832. The molecule has 0 saturated carbocycles. The molecule has 0 spiro atoms. The van der Waals surface area contributed by atoms with Gasteiger partial charge in [-0.2, -0.15) is 0 Å². The number of esters is 1. The topological polar surface area (TPSA) is 110 Å². The van der Waals surface area contributed by atoms with Crippen LogP contribution in [-0.4, -0.2) is 53.8 Å². The maximum atomic E-state index is 12.1. The first-order valence-corrected chi connectivity index (χ1v) is 8.51. The average molecular weight is 361 g/mol. The van der Waals surface area contributed by atoms with Crippen molar-refractivity contribution in [2.24, 2.45) is 0 Å². The molecule has 3 rings (SSSR count). The minimum absolute atomic E-state index is 0.000181. The number of hydrogen-bond donors (Lipinski definition) is 0. The third-order valence-corrected chi connectivity index (χ3v) is 4.56. The minimum Gasteiger partial charge on any atom is -0.452 e. The number of hydrogen-bond acceptors (Lipinski definition) is 7. The monoisotopic (exact) mass is 361 g/mol. The Morgan fingerprint density at radius 3 is 2.50 bits per heavy atom. The summed E-state index contributed by atoms with van der Waals surface area (Å²) in [6.07, 6.45) is 2.85. The van der Waals surface area contributed by atoms with Crippen molar-refractivity contribution in [1.29, 1.82) is 0 Å². The van der Waals surface area contributed by atoms with Crippen molar-refractivity contribution in [2.45, 2.75) is 25.7 Å². The molecule has 0 aromatic heterocycles. The Labute approximate surface area is 149 Å². The molecule has 9 heteroatoms. The van der Waals surface area contributed by atoms with E-state index in [1.54, 1.807) is 0 Å². The van der Waals surface area contributed by atoms with Crippen LogP contribution in [0.15, 0.2) is 18.2 Å². The van der Waals surface area contributed by atoms with Crippen molar-refractivity contribution >= 4 is 29.2 Å². The molecule has 1 aromatic carbocycles. The van der Waals surface area contributed by atoms with Crippen LogP contribution >= 0.6 is 0 Å². The summed E-state index contributed by atoms with van der Waals surface area (Å²) in [4.78, 5) is 49.3. The number of nitrogens with zero attached hydrogens (tertiary/aromatic N) is 3. The fourth-order valence-corrected chi connectivity index (χ4v) is 3.22. The number of ether oxygens (including phenoxy) is 1. The Kier molecular flexibility index (Phi) is 5.15. The first kappa shape index (κ1) is 17.8. The molecule has 26 heavy (non-hydrogen) atoms. The van der Waals surface area contributed by atoms with Crippen molar-refractivity contribution in [2.75, 3.05) is 31.1 Å². The zero-order valence-electron chi connectivity index (χ0n) is 14.2. The van der Waals surface area contributed by atoms with Gasteiger partial charge in [0, 0.05) is 32.1 Å². The molecule has 1 aromatic rings. The molecule has 9 nitrogen and oxygen atoms in total. The van der Waals surface area contributed by atoms with Crippen LogP contribution in [0.1, 0.15) is 36.0 Å². The quantitative estimate of drug-likeness (QED) is 0.444. The summed E-state index contributed by atoms with van der Waals surface area (Å²) < 4.78 is 4.93. The molecule has 2 saturated heterocycles. The van der Waals surface area contributed by atoms with Crippen molar-refractivity contribution in [3.63, 3.8) is 0 Å². The maximum absolute atomic E-state index is 12.1. The number of nitro benzene ring substituents is 1. The first-order valence-electron chi connectivity index (χ1n) is 8.51. The van der Waals surface area contributed by atoms with E-state index in [-0.39, 0.29) is 17.2 Å². The van der Waals surface area contributed by atoms with E-state index < -0.39 is 23.4 Å². The molecule has 0 N–H and O–H groups in total. The normalized spacial score (nSPS) is 16.8. The second-order valence-electron chi connectivity index (χ2n) is 6.27. The zero-order valence-corrected chi connectivity index (χ0v) is 14.2. The Hall–Kier alpha value is -2.97. The fraction of sp³-hybridized carbons (Fsp3) is 0.471. The molecule has 2 aliphatic heterocycles. The maximum Gasteiger partial charge on any atom is 0.338 e. The number of nitro groups is 1. The number of anilines is 1. The second-order valence-corrected chi connectivity index (χ2v) is 6.27. The molecule has 138 valence electrons. The predicted molar refractivity (Wildman–Crippen MR) is 90.8 cm³/mol. The molecule has 0 bridgehead atoms. The third-order valence-electron chi connectivity index (χ3n) is 4.56. The highest BCUT2D eigenvalue weighted by atomic mass is 16.6. The lowest BCUT2D eigenvalue weighted by Crippen LogP contribution is -2.35. The van der Waals surface area contributed by atoms with Crippen molar-refractivity contribution in [3.05, 3.63) is 33.9 Å². The van der Waals surface area contributed by atoms with Crippen LogP contribution in [0.3, 0.4) is 0 Å². The fourth-order valence-electron chi connectivity index (χ4n) is 3.22. The Balaban J connectivity index is 1.69. The van der Waals surface area contributed by atoms with E-state index in [1.807, 2.05) is 4.90 Å². The number of benzene rings is 1. The highest BCUT2D eigenvalue weighted by molar-refractivity contribution is 5.99. The smallest absolute Gasteiger partial charge is 0.338 e. The van der Waals surface area contributed by atoms with Gasteiger partial charge in [-0.05, 0) is 31.4 Å². The van der Waals surface area contributed by atoms with Gasteiger partial charge >= 0.3 is 5.97 Å². The Morgan fingerprint density at radius 1 is 1.15 bits per heavy atom. The van der Waals surface area contributed by atoms with Crippen molar-refractivity contribution in [3.8, 4) is 0 Å². The van der Waals surface area contributed by atoms with Crippen LogP contribution in [0.5, 0.6) is 0 Å². The number of imide groups is 1. The van der Waals surface area contributed by atoms with Gasteiger partial charge in [-0.3, -0.25) is 24.6 Å².